The minimum Gasteiger partial charge on any atom is -0.306 e. The largest absolute Gasteiger partial charge is 0.306 e. The number of hydrogen-bond acceptors (Lipinski definition) is 3. The van der Waals surface area contributed by atoms with Crippen LogP contribution in [0.15, 0.2) is 28.7 Å². The summed E-state index contributed by atoms with van der Waals surface area (Å²) in [7, 11) is -2.84. The van der Waals surface area contributed by atoms with Gasteiger partial charge in [0.25, 0.3) is 0 Å². The molecule has 1 fully saturated rings. The van der Waals surface area contributed by atoms with Gasteiger partial charge in [-0.15, -0.1) is 0 Å². The Morgan fingerprint density at radius 2 is 2.11 bits per heavy atom. The van der Waals surface area contributed by atoms with Gasteiger partial charge in [0.2, 0.25) is 0 Å². The Morgan fingerprint density at radius 3 is 2.78 bits per heavy atom. The van der Waals surface area contributed by atoms with Gasteiger partial charge < -0.3 is 5.32 Å². The summed E-state index contributed by atoms with van der Waals surface area (Å²) >= 11 is 3.53. The zero-order valence-corrected chi connectivity index (χ0v) is 12.8. The smallest absolute Gasteiger partial charge is 0.151 e. The third kappa shape index (κ3) is 3.56. The first-order valence-electron chi connectivity index (χ1n) is 6.19. The average molecular weight is 332 g/mol. The normalized spacial score (nSPS) is 24.7. The predicted octanol–water partition coefficient (Wildman–Crippen LogP) is 2.68. The molecule has 0 radical (unpaired) electrons. The summed E-state index contributed by atoms with van der Waals surface area (Å²) in [6.45, 7) is 2.07. The van der Waals surface area contributed by atoms with Gasteiger partial charge >= 0.3 is 0 Å². The number of nitrogens with one attached hydrogen (secondary N) is 1. The lowest BCUT2D eigenvalue weighted by molar-refractivity contribution is 0.437. The lowest BCUT2D eigenvalue weighted by atomic mass is 10.1. The summed E-state index contributed by atoms with van der Waals surface area (Å²) in [5, 5.41) is 3.42. The molecule has 1 aliphatic rings. The highest BCUT2D eigenvalue weighted by Crippen LogP contribution is 2.24. The van der Waals surface area contributed by atoms with Crippen LogP contribution in [0.5, 0.6) is 0 Å². The molecule has 1 aromatic carbocycles. The van der Waals surface area contributed by atoms with Crippen molar-refractivity contribution in [3.63, 3.8) is 0 Å². The summed E-state index contributed by atoms with van der Waals surface area (Å²) in [5.74, 6) is 0.608. The van der Waals surface area contributed by atoms with Crippen LogP contribution in [-0.4, -0.2) is 26.0 Å². The molecule has 1 saturated heterocycles. The van der Waals surface area contributed by atoms with E-state index in [1.54, 1.807) is 0 Å². The molecule has 3 nitrogen and oxygen atoms in total. The van der Waals surface area contributed by atoms with E-state index in [2.05, 4.69) is 34.2 Å². The molecule has 0 bridgehead atoms. The molecule has 1 unspecified atom stereocenters. The number of rotatable bonds is 3. The second-order valence-electron chi connectivity index (χ2n) is 4.86. The van der Waals surface area contributed by atoms with E-state index in [-0.39, 0.29) is 17.8 Å². The second kappa shape index (κ2) is 5.72. The summed E-state index contributed by atoms with van der Waals surface area (Å²) < 4.78 is 24.3. The van der Waals surface area contributed by atoms with Gasteiger partial charge in [0.1, 0.15) is 0 Å². The van der Waals surface area contributed by atoms with Crippen molar-refractivity contribution < 1.29 is 8.42 Å². The first-order valence-corrected chi connectivity index (χ1v) is 8.80. The van der Waals surface area contributed by atoms with Crippen molar-refractivity contribution in [1.29, 1.82) is 0 Å². The van der Waals surface area contributed by atoms with E-state index in [0.29, 0.717) is 5.75 Å². The van der Waals surface area contributed by atoms with Crippen LogP contribution in [0.2, 0.25) is 0 Å². The minimum atomic E-state index is -2.84. The third-order valence-electron chi connectivity index (χ3n) is 3.32. The van der Waals surface area contributed by atoms with Crippen LogP contribution in [0.3, 0.4) is 0 Å². The first-order chi connectivity index (χ1) is 8.48. The van der Waals surface area contributed by atoms with Crippen LogP contribution < -0.4 is 5.32 Å². The third-order valence-corrected chi connectivity index (χ3v) is 5.86. The molecule has 0 saturated carbocycles. The Kier molecular flexibility index (Phi) is 4.45. The van der Waals surface area contributed by atoms with Gasteiger partial charge in [0.15, 0.2) is 9.84 Å². The Morgan fingerprint density at radius 1 is 1.39 bits per heavy atom. The summed E-state index contributed by atoms with van der Waals surface area (Å²) in [4.78, 5) is 0. The fourth-order valence-corrected chi connectivity index (χ4v) is 4.70. The molecule has 1 N–H and O–H groups in total. The number of halogens is 1. The summed E-state index contributed by atoms with van der Waals surface area (Å²) in [5.41, 5.74) is 1.17. The zero-order chi connectivity index (χ0) is 13.2. The lowest BCUT2D eigenvalue weighted by Gasteiger charge is -2.27. The van der Waals surface area contributed by atoms with E-state index in [0.717, 1.165) is 17.3 Å². The van der Waals surface area contributed by atoms with E-state index in [4.69, 9.17) is 0 Å². The highest BCUT2D eigenvalue weighted by Gasteiger charge is 2.26. The van der Waals surface area contributed by atoms with E-state index >= 15 is 0 Å². The van der Waals surface area contributed by atoms with Gasteiger partial charge in [-0.05, 0) is 31.4 Å². The van der Waals surface area contributed by atoms with Crippen molar-refractivity contribution >= 4 is 25.8 Å². The van der Waals surface area contributed by atoms with Gasteiger partial charge in [-0.3, -0.25) is 0 Å². The van der Waals surface area contributed by atoms with Crippen LogP contribution in [0.25, 0.3) is 0 Å². The first kappa shape index (κ1) is 14.0. The maximum atomic E-state index is 11.6. The fourth-order valence-electron chi connectivity index (χ4n) is 2.42. The van der Waals surface area contributed by atoms with Gasteiger partial charge in [-0.2, -0.15) is 0 Å². The van der Waals surface area contributed by atoms with Crippen LogP contribution in [0.4, 0.5) is 0 Å². The monoisotopic (exact) mass is 331 g/mol. The van der Waals surface area contributed by atoms with Crippen molar-refractivity contribution in [2.45, 2.75) is 31.8 Å². The second-order valence-corrected chi connectivity index (χ2v) is 7.95. The molecule has 2 atom stereocenters. The maximum absolute atomic E-state index is 11.6. The molecule has 100 valence electrons. The molecule has 0 amide bonds. The fraction of sp³-hybridized carbons (Fsp3) is 0.538. The van der Waals surface area contributed by atoms with Crippen molar-refractivity contribution in [3.05, 3.63) is 34.3 Å². The molecular formula is C13H18BrNO2S. The van der Waals surface area contributed by atoms with Crippen molar-refractivity contribution in [3.8, 4) is 0 Å². The van der Waals surface area contributed by atoms with Crippen LogP contribution in [0, 0.1) is 0 Å². The standard InChI is InChI=1S/C13H18BrNO2S/c1-10(12-6-2-3-7-13(12)14)15-11-5-4-8-18(16,17)9-11/h2-3,6-7,10-11,15H,4-5,8-9H2,1H3/t10-,11?/m0/s1. The van der Waals surface area contributed by atoms with E-state index in [1.165, 1.54) is 5.56 Å². The number of sulfone groups is 1. The lowest BCUT2D eigenvalue weighted by Crippen LogP contribution is -2.41. The van der Waals surface area contributed by atoms with Crippen LogP contribution in [0.1, 0.15) is 31.4 Å². The van der Waals surface area contributed by atoms with E-state index in [1.807, 2.05) is 18.2 Å². The molecule has 5 heteroatoms. The average Bonchev–Trinajstić information content (AvgIpc) is 2.28. The van der Waals surface area contributed by atoms with E-state index in [9.17, 15) is 8.42 Å². The predicted molar refractivity (Wildman–Crippen MR) is 77.4 cm³/mol. The summed E-state index contributed by atoms with van der Waals surface area (Å²) in [6.07, 6.45) is 1.71. The molecule has 1 heterocycles. The minimum absolute atomic E-state index is 0.0749. The Balaban J connectivity index is 2.04. The molecule has 1 aromatic rings. The Hall–Kier alpha value is -0.390. The SMILES string of the molecule is C[C@H](NC1CCCS(=O)(=O)C1)c1ccccc1Br. The number of hydrogen-bond donors (Lipinski definition) is 1. The van der Waals surface area contributed by atoms with Crippen molar-refractivity contribution in [2.24, 2.45) is 0 Å². The van der Waals surface area contributed by atoms with Crippen molar-refractivity contribution in [2.75, 3.05) is 11.5 Å². The topological polar surface area (TPSA) is 46.2 Å². The molecule has 1 aliphatic heterocycles. The molecule has 0 spiro atoms. The number of benzene rings is 1. The van der Waals surface area contributed by atoms with Crippen LogP contribution >= 0.6 is 15.9 Å². The van der Waals surface area contributed by atoms with Gasteiger partial charge in [0.05, 0.1) is 11.5 Å². The molecule has 0 aliphatic carbocycles. The van der Waals surface area contributed by atoms with E-state index < -0.39 is 9.84 Å². The zero-order valence-electron chi connectivity index (χ0n) is 10.4. The molecule has 18 heavy (non-hydrogen) atoms. The van der Waals surface area contributed by atoms with Gasteiger partial charge in [0, 0.05) is 16.6 Å². The highest BCUT2D eigenvalue weighted by molar-refractivity contribution is 9.10. The van der Waals surface area contributed by atoms with Crippen molar-refractivity contribution in [1.82, 2.24) is 5.32 Å². The quantitative estimate of drug-likeness (QED) is 0.926. The summed E-state index contributed by atoms with van der Waals surface area (Å²) in [6, 6.07) is 8.26. The Labute approximate surface area is 117 Å². The highest BCUT2D eigenvalue weighted by atomic mass is 79.9. The van der Waals surface area contributed by atoms with Crippen LogP contribution in [-0.2, 0) is 9.84 Å². The Bertz CT molecular complexity index is 515. The molecular weight excluding hydrogens is 314 g/mol. The van der Waals surface area contributed by atoms with Gasteiger partial charge in [-0.25, -0.2) is 8.42 Å². The maximum Gasteiger partial charge on any atom is 0.151 e. The molecule has 0 aromatic heterocycles. The van der Waals surface area contributed by atoms with Gasteiger partial charge in [-0.1, -0.05) is 34.1 Å². The molecule has 2 rings (SSSR count).